The van der Waals surface area contributed by atoms with Crippen molar-refractivity contribution in [2.24, 2.45) is 5.92 Å². The summed E-state index contributed by atoms with van der Waals surface area (Å²) in [6, 6.07) is 8.77. The van der Waals surface area contributed by atoms with Gasteiger partial charge in [-0.2, -0.15) is 0 Å². The highest BCUT2D eigenvalue weighted by Crippen LogP contribution is 2.17. The van der Waals surface area contributed by atoms with Crippen molar-refractivity contribution in [2.45, 2.75) is 53.1 Å². The molecule has 1 rings (SSSR count). The number of hydrogen-bond donors (Lipinski definition) is 0. The van der Waals surface area contributed by atoms with Crippen LogP contribution in [0.1, 0.15) is 58.1 Å². The van der Waals surface area contributed by atoms with Crippen molar-refractivity contribution < 1.29 is 4.74 Å². The molecule has 0 aromatic heterocycles. The van der Waals surface area contributed by atoms with Gasteiger partial charge in [-0.15, -0.1) is 0 Å². The molecule has 0 bridgehead atoms. The summed E-state index contributed by atoms with van der Waals surface area (Å²) in [4.78, 5) is 0. The second-order valence-electron chi connectivity index (χ2n) is 5.95. The minimum atomic E-state index is 0.328. The fraction of sp³-hybridized carbons (Fsp3) is 0.556. The van der Waals surface area contributed by atoms with Crippen molar-refractivity contribution in [3.05, 3.63) is 41.5 Å². The molecule has 106 valence electrons. The van der Waals surface area contributed by atoms with Gasteiger partial charge in [0.25, 0.3) is 0 Å². The molecular weight excluding hydrogens is 232 g/mol. The zero-order valence-corrected chi connectivity index (χ0v) is 13.0. The van der Waals surface area contributed by atoms with Crippen LogP contribution in [0.5, 0.6) is 0 Å². The van der Waals surface area contributed by atoms with Crippen LogP contribution in [0.4, 0.5) is 0 Å². The van der Waals surface area contributed by atoms with E-state index in [0.29, 0.717) is 17.9 Å². The summed E-state index contributed by atoms with van der Waals surface area (Å²) >= 11 is 0. The maximum absolute atomic E-state index is 5.62. The van der Waals surface area contributed by atoms with Crippen LogP contribution in [0.15, 0.2) is 30.3 Å². The molecule has 0 aliphatic carbocycles. The van der Waals surface area contributed by atoms with E-state index in [-0.39, 0.29) is 0 Å². The Hall–Kier alpha value is -1.08. The van der Waals surface area contributed by atoms with Crippen molar-refractivity contribution in [2.75, 3.05) is 6.61 Å². The van der Waals surface area contributed by atoms with Gasteiger partial charge in [0.2, 0.25) is 0 Å². The lowest BCUT2D eigenvalue weighted by molar-refractivity contribution is 0.0560. The van der Waals surface area contributed by atoms with E-state index < -0.39 is 0 Å². The maximum atomic E-state index is 5.62. The van der Waals surface area contributed by atoms with Crippen molar-refractivity contribution >= 4 is 6.08 Å². The molecule has 1 nitrogen and oxygen atoms in total. The van der Waals surface area contributed by atoms with E-state index in [4.69, 9.17) is 4.74 Å². The average Bonchev–Trinajstić information content (AvgIpc) is 2.36. The van der Waals surface area contributed by atoms with Crippen molar-refractivity contribution in [1.29, 1.82) is 0 Å². The molecule has 1 aromatic rings. The zero-order valence-electron chi connectivity index (χ0n) is 13.0. The second kappa shape index (κ2) is 8.16. The first-order valence-electron chi connectivity index (χ1n) is 7.37. The fourth-order valence-corrected chi connectivity index (χ4v) is 1.88. The standard InChI is InChI=1S/C18H28O/c1-14(2)18-11-7-10-17(12-18)9-6-8-16(5)13-19-15(3)4/h6-7,9-12,14-16H,8,13H2,1-5H3/b9-6+/t16-/m0/s1. The van der Waals surface area contributed by atoms with E-state index >= 15 is 0 Å². The third-order valence-corrected chi connectivity index (χ3v) is 3.14. The van der Waals surface area contributed by atoms with Gasteiger partial charge < -0.3 is 4.74 Å². The van der Waals surface area contributed by atoms with E-state index in [1.165, 1.54) is 11.1 Å². The SMILES string of the molecule is CC(C)OC[C@@H](C)C/C=C/c1cccc(C(C)C)c1. The molecule has 0 unspecified atom stereocenters. The summed E-state index contributed by atoms with van der Waals surface area (Å²) in [6.45, 7) is 11.7. The number of rotatable bonds is 7. The number of allylic oxidation sites excluding steroid dienone is 1. The minimum Gasteiger partial charge on any atom is -0.379 e. The Bertz CT molecular complexity index is 390. The highest BCUT2D eigenvalue weighted by atomic mass is 16.5. The predicted octanol–water partition coefficient (Wildman–Crippen LogP) is 5.27. The van der Waals surface area contributed by atoms with E-state index in [9.17, 15) is 0 Å². The highest BCUT2D eigenvalue weighted by Gasteiger charge is 2.02. The van der Waals surface area contributed by atoms with Gasteiger partial charge in [-0.25, -0.2) is 0 Å². The monoisotopic (exact) mass is 260 g/mol. The Kier molecular flexibility index (Phi) is 6.86. The molecule has 0 heterocycles. The molecular formula is C18H28O. The molecule has 0 aliphatic heterocycles. The molecule has 0 saturated heterocycles. The Morgan fingerprint density at radius 2 is 1.84 bits per heavy atom. The first-order chi connectivity index (χ1) is 8.99. The minimum absolute atomic E-state index is 0.328. The van der Waals surface area contributed by atoms with Gasteiger partial charge in [-0.3, -0.25) is 0 Å². The highest BCUT2D eigenvalue weighted by molar-refractivity contribution is 5.50. The van der Waals surface area contributed by atoms with Crippen LogP contribution in [0.25, 0.3) is 6.08 Å². The van der Waals surface area contributed by atoms with Gasteiger partial charge in [-0.1, -0.05) is 57.2 Å². The lowest BCUT2D eigenvalue weighted by atomic mass is 10.0. The zero-order chi connectivity index (χ0) is 14.3. The molecule has 0 saturated carbocycles. The number of benzene rings is 1. The first kappa shape index (κ1) is 16.0. The Balaban J connectivity index is 2.46. The lowest BCUT2D eigenvalue weighted by Crippen LogP contribution is -2.10. The third-order valence-electron chi connectivity index (χ3n) is 3.14. The van der Waals surface area contributed by atoms with Gasteiger partial charge in [0.15, 0.2) is 0 Å². The predicted molar refractivity (Wildman–Crippen MR) is 84.4 cm³/mol. The molecule has 0 amide bonds. The molecule has 1 atom stereocenters. The van der Waals surface area contributed by atoms with Gasteiger partial charge in [0.05, 0.1) is 6.10 Å². The third kappa shape index (κ3) is 6.58. The number of ether oxygens (including phenoxy) is 1. The molecule has 19 heavy (non-hydrogen) atoms. The smallest absolute Gasteiger partial charge is 0.0519 e. The van der Waals surface area contributed by atoms with Crippen molar-refractivity contribution in [3.63, 3.8) is 0 Å². The summed E-state index contributed by atoms with van der Waals surface area (Å²) in [5.74, 6) is 1.17. The lowest BCUT2D eigenvalue weighted by Gasteiger charge is -2.12. The van der Waals surface area contributed by atoms with Crippen LogP contribution < -0.4 is 0 Å². The van der Waals surface area contributed by atoms with Crippen molar-refractivity contribution in [3.8, 4) is 0 Å². The van der Waals surface area contributed by atoms with Crippen LogP contribution in [0.2, 0.25) is 0 Å². The maximum Gasteiger partial charge on any atom is 0.0519 e. The summed E-state index contributed by atoms with van der Waals surface area (Å²) in [5, 5.41) is 0. The molecule has 0 fully saturated rings. The molecule has 0 N–H and O–H groups in total. The quantitative estimate of drug-likeness (QED) is 0.648. The topological polar surface area (TPSA) is 9.23 Å². The molecule has 1 aromatic carbocycles. The van der Waals surface area contributed by atoms with E-state index in [1.54, 1.807) is 0 Å². The summed E-state index contributed by atoms with van der Waals surface area (Å²) in [6.07, 6.45) is 5.87. The average molecular weight is 260 g/mol. The summed E-state index contributed by atoms with van der Waals surface area (Å²) in [5.41, 5.74) is 2.70. The Labute approximate surface area is 118 Å². The van der Waals surface area contributed by atoms with Crippen LogP contribution in [0.3, 0.4) is 0 Å². The van der Waals surface area contributed by atoms with Crippen molar-refractivity contribution in [1.82, 2.24) is 0 Å². The van der Waals surface area contributed by atoms with Gasteiger partial charge in [0.1, 0.15) is 0 Å². The van der Waals surface area contributed by atoms with Gasteiger partial charge in [0, 0.05) is 6.61 Å². The summed E-state index contributed by atoms with van der Waals surface area (Å²) in [7, 11) is 0. The first-order valence-corrected chi connectivity index (χ1v) is 7.37. The van der Waals surface area contributed by atoms with E-state index in [1.807, 2.05) is 0 Å². The van der Waals surface area contributed by atoms with Crippen LogP contribution >= 0.6 is 0 Å². The summed E-state index contributed by atoms with van der Waals surface area (Å²) < 4.78 is 5.62. The molecule has 0 radical (unpaired) electrons. The fourth-order valence-electron chi connectivity index (χ4n) is 1.88. The molecule has 0 spiro atoms. The van der Waals surface area contributed by atoms with Crippen LogP contribution in [-0.2, 0) is 4.74 Å². The van der Waals surface area contributed by atoms with E-state index in [2.05, 4.69) is 71.0 Å². The van der Waals surface area contributed by atoms with Gasteiger partial charge >= 0.3 is 0 Å². The molecule has 0 aliphatic rings. The number of hydrogen-bond acceptors (Lipinski definition) is 1. The Morgan fingerprint density at radius 3 is 2.47 bits per heavy atom. The normalized spacial score (nSPS) is 13.6. The van der Waals surface area contributed by atoms with Gasteiger partial charge in [-0.05, 0) is 43.2 Å². The second-order valence-corrected chi connectivity index (χ2v) is 5.95. The van der Waals surface area contributed by atoms with E-state index in [0.717, 1.165) is 13.0 Å². The van der Waals surface area contributed by atoms with Crippen LogP contribution in [-0.4, -0.2) is 12.7 Å². The Morgan fingerprint density at radius 1 is 1.11 bits per heavy atom. The largest absolute Gasteiger partial charge is 0.379 e. The molecule has 1 heteroatoms. The van der Waals surface area contributed by atoms with Crippen LogP contribution in [0, 0.1) is 5.92 Å².